The molecule has 3 rings (SSSR count). The molecule has 128 valence electrons. The highest BCUT2D eigenvalue weighted by Crippen LogP contribution is 2.52. The molecule has 1 saturated carbocycles. The zero-order valence-electron chi connectivity index (χ0n) is 14.4. The standard InChI is InChI=1S/C18H27N3O.HI/c1-12(13-8-6-5-7-9-13)20-17(19-4)21-15-14-10-11-22-16(14)18(15,2)3;/h5-9,12,14-16H,10-11H2,1-4H3,(H2,19,20,21);1H. The van der Waals surface area contributed by atoms with Gasteiger partial charge in [-0.05, 0) is 18.9 Å². The van der Waals surface area contributed by atoms with Gasteiger partial charge < -0.3 is 15.4 Å². The van der Waals surface area contributed by atoms with Crippen LogP contribution in [0.1, 0.15) is 38.8 Å². The summed E-state index contributed by atoms with van der Waals surface area (Å²) in [5.74, 6) is 1.49. The molecular formula is C18H28IN3O. The highest BCUT2D eigenvalue weighted by Gasteiger charge is 2.59. The summed E-state index contributed by atoms with van der Waals surface area (Å²) in [5, 5.41) is 7.12. The quantitative estimate of drug-likeness (QED) is 0.440. The number of hydrogen-bond acceptors (Lipinski definition) is 2. The topological polar surface area (TPSA) is 45.7 Å². The van der Waals surface area contributed by atoms with E-state index < -0.39 is 0 Å². The second-order valence-electron chi connectivity index (χ2n) is 7.04. The van der Waals surface area contributed by atoms with Crippen molar-refractivity contribution in [3.63, 3.8) is 0 Å². The highest BCUT2D eigenvalue weighted by molar-refractivity contribution is 14.0. The molecular weight excluding hydrogens is 401 g/mol. The number of ether oxygens (including phenoxy) is 1. The van der Waals surface area contributed by atoms with Crippen molar-refractivity contribution in [2.24, 2.45) is 16.3 Å². The molecule has 1 aromatic rings. The van der Waals surface area contributed by atoms with E-state index in [1.54, 1.807) is 0 Å². The van der Waals surface area contributed by atoms with Crippen LogP contribution < -0.4 is 10.6 Å². The van der Waals surface area contributed by atoms with Crippen LogP contribution in [0.25, 0.3) is 0 Å². The van der Waals surface area contributed by atoms with E-state index in [0.29, 0.717) is 18.1 Å². The van der Waals surface area contributed by atoms with Gasteiger partial charge in [-0.2, -0.15) is 0 Å². The molecule has 1 aliphatic carbocycles. The lowest BCUT2D eigenvalue weighted by atomic mass is 9.57. The SMILES string of the molecule is CN=C(NC(C)c1ccccc1)NC1C2CCOC2C1(C)C.I. The molecule has 2 fully saturated rings. The molecule has 4 nitrogen and oxygen atoms in total. The summed E-state index contributed by atoms with van der Waals surface area (Å²) >= 11 is 0. The number of aliphatic imine (C=N–C) groups is 1. The van der Waals surface area contributed by atoms with Gasteiger partial charge in [0.2, 0.25) is 0 Å². The molecule has 23 heavy (non-hydrogen) atoms. The maximum Gasteiger partial charge on any atom is 0.191 e. The van der Waals surface area contributed by atoms with Crippen LogP contribution in [0, 0.1) is 11.3 Å². The van der Waals surface area contributed by atoms with E-state index >= 15 is 0 Å². The van der Waals surface area contributed by atoms with Crippen LogP contribution in [-0.2, 0) is 4.74 Å². The van der Waals surface area contributed by atoms with Crippen molar-refractivity contribution in [2.45, 2.75) is 45.4 Å². The number of rotatable bonds is 3. The van der Waals surface area contributed by atoms with Crippen LogP contribution in [-0.4, -0.2) is 31.8 Å². The molecule has 2 aliphatic rings. The van der Waals surface area contributed by atoms with Crippen molar-refractivity contribution in [3.8, 4) is 0 Å². The smallest absolute Gasteiger partial charge is 0.191 e. The summed E-state index contributed by atoms with van der Waals surface area (Å²) in [5.41, 5.74) is 1.43. The average Bonchev–Trinajstić information content (AvgIpc) is 2.99. The fourth-order valence-electron chi connectivity index (χ4n) is 3.97. The van der Waals surface area contributed by atoms with Crippen LogP contribution in [0.2, 0.25) is 0 Å². The first-order chi connectivity index (χ1) is 10.5. The Morgan fingerprint density at radius 1 is 1.30 bits per heavy atom. The van der Waals surface area contributed by atoms with Gasteiger partial charge >= 0.3 is 0 Å². The summed E-state index contributed by atoms with van der Waals surface area (Å²) in [6, 6.07) is 11.1. The van der Waals surface area contributed by atoms with E-state index in [1.165, 1.54) is 5.56 Å². The molecule has 0 radical (unpaired) electrons. The largest absolute Gasteiger partial charge is 0.377 e. The Balaban J connectivity index is 0.00000192. The second kappa shape index (κ2) is 7.38. The van der Waals surface area contributed by atoms with Gasteiger partial charge in [-0.25, -0.2) is 0 Å². The van der Waals surface area contributed by atoms with Crippen molar-refractivity contribution in [2.75, 3.05) is 13.7 Å². The van der Waals surface area contributed by atoms with Gasteiger partial charge in [0.05, 0.1) is 12.1 Å². The van der Waals surface area contributed by atoms with Crippen molar-refractivity contribution in [1.82, 2.24) is 10.6 Å². The van der Waals surface area contributed by atoms with Crippen molar-refractivity contribution in [3.05, 3.63) is 35.9 Å². The summed E-state index contributed by atoms with van der Waals surface area (Å²) in [6.07, 6.45) is 1.55. The maximum absolute atomic E-state index is 5.86. The number of fused-ring (bicyclic) bond motifs is 1. The summed E-state index contributed by atoms with van der Waals surface area (Å²) in [7, 11) is 1.83. The number of hydrogen-bond donors (Lipinski definition) is 2. The van der Waals surface area contributed by atoms with E-state index in [-0.39, 0.29) is 35.4 Å². The zero-order valence-corrected chi connectivity index (χ0v) is 16.7. The molecule has 4 atom stereocenters. The molecule has 0 amide bonds. The number of halogens is 1. The zero-order chi connectivity index (χ0) is 15.7. The lowest BCUT2D eigenvalue weighted by molar-refractivity contribution is -0.106. The number of guanidine groups is 1. The Morgan fingerprint density at radius 2 is 2.00 bits per heavy atom. The normalized spacial score (nSPS) is 29.7. The summed E-state index contributed by atoms with van der Waals surface area (Å²) in [6.45, 7) is 7.62. The van der Waals surface area contributed by atoms with Crippen LogP contribution in [0.3, 0.4) is 0 Å². The van der Waals surface area contributed by atoms with Crippen molar-refractivity contribution in [1.29, 1.82) is 0 Å². The van der Waals surface area contributed by atoms with Crippen LogP contribution in [0.15, 0.2) is 35.3 Å². The van der Waals surface area contributed by atoms with E-state index in [2.05, 4.69) is 60.7 Å². The Kier molecular flexibility index (Phi) is 5.94. The number of benzene rings is 1. The number of nitrogens with zero attached hydrogens (tertiary/aromatic N) is 1. The third-order valence-corrected chi connectivity index (χ3v) is 5.27. The molecule has 0 spiro atoms. The lowest BCUT2D eigenvalue weighted by Crippen LogP contribution is -2.68. The minimum absolute atomic E-state index is 0. The molecule has 5 heteroatoms. The van der Waals surface area contributed by atoms with Gasteiger partial charge in [-0.15, -0.1) is 24.0 Å². The summed E-state index contributed by atoms with van der Waals surface area (Å²) in [4.78, 5) is 4.41. The van der Waals surface area contributed by atoms with Gasteiger partial charge in [0.25, 0.3) is 0 Å². The molecule has 0 aromatic heterocycles. The van der Waals surface area contributed by atoms with Crippen LogP contribution in [0.4, 0.5) is 0 Å². The highest BCUT2D eigenvalue weighted by atomic mass is 127. The third-order valence-electron chi connectivity index (χ3n) is 5.27. The molecule has 1 saturated heterocycles. The lowest BCUT2D eigenvalue weighted by Gasteiger charge is -2.55. The van der Waals surface area contributed by atoms with Gasteiger partial charge in [-0.1, -0.05) is 44.2 Å². The predicted octanol–water partition coefficient (Wildman–Crippen LogP) is 3.34. The van der Waals surface area contributed by atoms with Gasteiger partial charge in [0.15, 0.2) is 5.96 Å². The molecule has 0 bridgehead atoms. The maximum atomic E-state index is 5.86. The first kappa shape index (κ1) is 18.5. The van der Waals surface area contributed by atoms with Crippen LogP contribution in [0.5, 0.6) is 0 Å². The monoisotopic (exact) mass is 429 g/mol. The van der Waals surface area contributed by atoms with Gasteiger partial charge in [-0.3, -0.25) is 4.99 Å². The van der Waals surface area contributed by atoms with Crippen molar-refractivity contribution < 1.29 is 4.74 Å². The van der Waals surface area contributed by atoms with Gasteiger partial charge in [0.1, 0.15) is 0 Å². The number of nitrogens with one attached hydrogen (secondary N) is 2. The Hall–Kier alpha value is -0.820. The molecule has 4 unspecified atom stereocenters. The predicted molar refractivity (Wildman–Crippen MR) is 105 cm³/mol. The van der Waals surface area contributed by atoms with Crippen LogP contribution >= 0.6 is 24.0 Å². The fourth-order valence-corrected chi connectivity index (χ4v) is 3.97. The average molecular weight is 429 g/mol. The minimum atomic E-state index is 0. The Morgan fingerprint density at radius 3 is 2.65 bits per heavy atom. The molecule has 1 aromatic carbocycles. The van der Waals surface area contributed by atoms with E-state index in [9.17, 15) is 0 Å². The van der Waals surface area contributed by atoms with Crippen molar-refractivity contribution >= 4 is 29.9 Å². The fraction of sp³-hybridized carbons (Fsp3) is 0.611. The molecule has 1 heterocycles. The minimum Gasteiger partial charge on any atom is -0.377 e. The second-order valence-corrected chi connectivity index (χ2v) is 7.04. The molecule has 1 aliphatic heterocycles. The first-order valence-corrected chi connectivity index (χ1v) is 8.20. The first-order valence-electron chi connectivity index (χ1n) is 8.20. The van der Waals surface area contributed by atoms with E-state index in [1.807, 2.05) is 13.1 Å². The van der Waals surface area contributed by atoms with Gasteiger partial charge in [0, 0.05) is 31.0 Å². The summed E-state index contributed by atoms with van der Waals surface area (Å²) < 4.78 is 5.86. The van der Waals surface area contributed by atoms with E-state index in [0.717, 1.165) is 19.0 Å². The van der Waals surface area contributed by atoms with E-state index in [4.69, 9.17) is 4.74 Å². The third kappa shape index (κ3) is 3.50. The Bertz CT molecular complexity index is 546. The Labute approximate surface area is 156 Å². The molecule has 2 N–H and O–H groups in total.